The van der Waals surface area contributed by atoms with Gasteiger partial charge >= 0.3 is 0 Å². The fourth-order valence-electron chi connectivity index (χ4n) is 4.92. The van der Waals surface area contributed by atoms with Crippen LogP contribution in [0.3, 0.4) is 0 Å². The molecule has 1 N–H and O–H groups in total. The van der Waals surface area contributed by atoms with Gasteiger partial charge in [0.1, 0.15) is 0 Å². The lowest BCUT2D eigenvalue weighted by molar-refractivity contribution is -0.123. The topological polar surface area (TPSA) is 41.6 Å². The molecule has 2 bridgehead atoms. The number of hydrogen-bond acceptors (Lipinski definition) is 3. The Morgan fingerprint density at radius 2 is 2.00 bits per heavy atom. The molecular formula is C17H30N2O2. The first-order chi connectivity index (χ1) is 9.89. The third-order valence-corrected chi connectivity index (χ3v) is 6.13. The standard InChI is InChI=1S/C17H30N2O2/c1-16(2)12-17(3)11-13(16)10-14(17)18-15(20)4-5-19-6-8-21-9-7-19/h13-14H,4-12H2,1-3H3,(H,18,20)/t13-,14-,17-/m0/s1. The summed E-state index contributed by atoms with van der Waals surface area (Å²) in [5.74, 6) is 1.02. The van der Waals surface area contributed by atoms with E-state index in [1.165, 1.54) is 19.3 Å². The molecule has 1 heterocycles. The highest BCUT2D eigenvalue weighted by molar-refractivity contribution is 5.76. The molecule has 2 saturated carbocycles. The number of amides is 1. The van der Waals surface area contributed by atoms with Crippen LogP contribution in [0.5, 0.6) is 0 Å². The minimum Gasteiger partial charge on any atom is -0.379 e. The number of carbonyl (C=O) groups excluding carboxylic acids is 1. The Labute approximate surface area is 128 Å². The van der Waals surface area contributed by atoms with Crippen molar-refractivity contribution in [1.82, 2.24) is 10.2 Å². The second kappa shape index (κ2) is 5.54. The Morgan fingerprint density at radius 1 is 1.29 bits per heavy atom. The molecule has 1 saturated heterocycles. The highest BCUT2D eigenvalue weighted by Gasteiger charge is 2.57. The first-order valence-corrected chi connectivity index (χ1v) is 8.49. The number of nitrogens with zero attached hydrogens (tertiary/aromatic N) is 1. The van der Waals surface area contributed by atoms with Gasteiger partial charge in [-0.25, -0.2) is 0 Å². The van der Waals surface area contributed by atoms with Crippen molar-refractivity contribution >= 4 is 5.91 Å². The lowest BCUT2D eigenvalue weighted by atomic mass is 9.70. The lowest BCUT2D eigenvalue weighted by Crippen LogP contribution is -2.47. The van der Waals surface area contributed by atoms with E-state index < -0.39 is 0 Å². The molecule has 0 radical (unpaired) electrons. The van der Waals surface area contributed by atoms with Crippen molar-refractivity contribution in [2.75, 3.05) is 32.8 Å². The Kier molecular flexibility index (Phi) is 4.04. The number of morpholine rings is 1. The summed E-state index contributed by atoms with van der Waals surface area (Å²) in [5.41, 5.74) is 0.784. The minimum atomic E-state index is 0.234. The van der Waals surface area contributed by atoms with E-state index in [0.717, 1.165) is 38.8 Å². The molecular weight excluding hydrogens is 264 g/mol. The summed E-state index contributed by atoms with van der Waals surface area (Å²) >= 11 is 0. The maximum atomic E-state index is 12.3. The van der Waals surface area contributed by atoms with Crippen LogP contribution in [0.1, 0.15) is 46.5 Å². The molecule has 0 unspecified atom stereocenters. The summed E-state index contributed by atoms with van der Waals surface area (Å²) in [4.78, 5) is 14.6. The van der Waals surface area contributed by atoms with Gasteiger partial charge in [-0.05, 0) is 36.0 Å². The van der Waals surface area contributed by atoms with E-state index in [9.17, 15) is 4.79 Å². The Morgan fingerprint density at radius 3 is 2.57 bits per heavy atom. The van der Waals surface area contributed by atoms with Crippen molar-refractivity contribution in [3.05, 3.63) is 0 Å². The molecule has 120 valence electrons. The average molecular weight is 294 g/mol. The van der Waals surface area contributed by atoms with Gasteiger partial charge in [0.2, 0.25) is 5.91 Å². The zero-order valence-electron chi connectivity index (χ0n) is 13.8. The number of nitrogens with one attached hydrogen (secondary N) is 1. The summed E-state index contributed by atoms with van der Waals surface area (Å²) in [6.45, 7) is 11.6. The van der Waals surface area contributed by atoms with Gasteiger partial charge in [0.15, 0.2) is 0 Å². The van der Waals surface area contributed by atoms with Crippen LogP contribution in [0.25, 0.3) is 0 Å². The second-order valence-electron chi connectivity index (χ2n) is 8.28. The molecule has 3 rings (SSSR count). The van der Waals surface area contributed by atoms with Crippen LogP contribution in [-0.4, -0.2) is 49.7 Å². The van der Waals surface area contributed by atoms with Gasteiger partial charge < -0.3 is 10.1 Å². The van der Waals surface area contributed by atoms with E-state index in [4.69, 9.17) is 4.74 Å². The van der Waals surface area contributed by atoms with Gasteiger partial charge in [-0.15, -0.1) is 0 Å². The zero-order valence-corrected chi connectivity index (χ0v) is 13.8. The van der Waals surface area contributed by atoms with E-state index in [2.05, 4.69) is 31.0 Å². The molecule has 4 nitrogen and oxygen atoms in total. The Hall–Kier alpha value is -0.610. The van der Waals surface area contributed by atoms with Crippen molar-refractivity contribution in [3.8, 4) is 0 Å². The van der Waals surface area contributed by atoms with Crippen LogP contribution in [0, 0.1) is 16.7 Å². The number of ether oxygens (including phenoxy) is 1. The van der Waals surface area contributed by atoms with Crippen molar-refractivity contribution in [2.24, 2.45) is 16.7 Å². The first-order valence-electron chi connectivity index (χ1n) is 8.49. The predicted octanol–water partition coefficient (Wildman–Crippen LogP) is 2.04. The normalized spacial score (nSPS) is 38.6. The molecule has 0 aromatic rings. The van der Waals surface area contributed by atoms with Gasteiger partial charge in [0.25, 0.3) is 0 Å². The molecule has 4 heteroatoms. The minimum absolute atomic E-state index is 0.234. The number of carbonyl (C=O) groups is 1. The van der Waals surface area contributed by atoms with E-state index in [-0.39, 0.29) is 5.91 Å². The molecule has 1 amide bonds. The quantitative estimate of drug-likeness (QED) is 0.863. The van der Waals surface area contributed by atoms with Gasteiger partial charge in [0, 0.05) is 32.1 Å². The molecule has 3 aliphatic rings. The second-order valence-corrected chi connectivity index (χ2v) is 8.28. The zero-order chi connectivity index (χ0) is 15.1. The molecule has 0 spiro atoms. The third kappa shape index (κ3) is 3.11. The fraction of sp³-hybridized carbons (Fsp3) is 0.941. The van der Waals surface area contributed by atoms with Gasteiger partial charge in [0.05, 0.1) is 13.2 Å². The lowest BCUT2D eigenvalue weighted by Gasteiger charge is -2.39. The van der Waals surface area contributed by atoms with E-state index in [1.807, 2.05) is 0 Å². The smallest absolute Gasteiger partial charge is 0.221 e. The van der Waals surface area contributed by atoms with Crippen LogP contribution < -0.4 is 5.32 Å². The summed E-state index contributed by atoms with van der Waals surface area (Å²) in [5, 5.41) is 3.33. The Bertz CT molecular complexity index is 404. The molecule has 2 aliphatic carbocycles. The Balaban J connectivity index is 1.46. The summed E-state index contributed by atoms with van der Waals surface area (Å²) in [6, 6.07) is 0.396. The predicted molar refractivity (Wildman–Crippen MR) is 83.0 cm³/mol. The van der Waals surface area contributed by atoms with Crippen LogP contribution in [0.4, 0.5) is 0 Å². The van der Waals surface area contributed by atoms with E-state index in [1.54, 1.807) is 0 Å². The van der Waals surface area contributed by atoms with E-state index >= 15 is 0 Å². The van der Waals surface area contributed by atoms with Crippen molar-refractivity contribution in [1.29, 1.82) is 0 Å². The summed E-state index contributed by atoms with van der Waals surface area (Å²) < 4.78 is 5.34. The number of hydrogen-bond donors (Lipinski definition) is 1. The summed E-state index contributed by atoms with van der Waals surface area (Å²) in [6.07, 6.45) is 4.33. The summed E-state index contributed by atoms with van der Waals surface area (Å²) in [7, 11) is 0. The van der Waals surface area contributed by atoms with Crippen LogP contribution >= 0.6 is 0 Å². The molecule has 0 aromatic carbocycles. The fourth-order valence-corrected chi connectivity index (χ4v) is 4.92. The number of fused-ring (bicyclic) bond motifs is 2. The van der Waals surface area contributed by atoms with Gasteiger partial charge in [-0.2, -0.15) is 0 Å². The average Bonchev–Trinajstić information content (AvgIpc) is 2.86. The molecule has 0 aromatic heterocycles. The van der Waals surface area contributed by atoms with E-state index in [0.29, 0.717) is 23.3 Å². The highest BCUT2D eigenvalue weighted by atomic mass is 16.5. The third-order valence-electron chi connectivity index (χ3n) is 6.13. The molecule has 3 atom stereocenters. The molecule has 21 heavy (non-hydrogen) atoms. The van der Waals surface area contributed by atoms with Gasteiger partial charge in [-0.3, -0.25) is 9.69 Å². The van der Waals surface area contributed by atoms with Crippen LogP contribution in [0.15, 0.2) is 0 Å². The monoisotopic (exact) mass is 294 g/mol. The van der Waals surface area contributed by atoms with Crippen molar-refractivity contribution in [2.45, 2.75) is 52.5 Å². The van der Waals surface area contributed by atoms with Crippen molar-refractivity contribution in [3.63, 3.8) is 0 Å². The SMILES string of the molecule is CC1(C)C[C@]2(C)C[C@@H]1C[C@@H]2NC(=O)CCN1CCOCC1. The molecule has 3 fully saturated rings. The van der Waals surface area contributed by atoms with Crippen LogP contribution in [-0.2, 0) is 9.53 Å². The number of rotatable bonds is 4. The maximum absolute atomic E-state index is 12.3. The first kappa shape index (κ1) is 15.3. The molecule has 1 aliphatic heterocycles. The highest BCUT2D eigenvalue weighted by Crippen LogP contribution is 2.62. The van der Waals surface area contributed by atoms with Crippen molar-refractivity contribution < 1.29 is 9.53 Å². The maximum Gasteiger partial charge on any atom is 0.221 e. The van der Waals surface area contributed by atoms with Crippen LogP contribution in [0.2, 0.25) is 0 Å². The van der Waals surface area contributed by atoms with Gasteiger partial charge in [-0.1, -0.05) is 20.8 Å². The largest absolute Gasteiger partial charge is 0.379 e.